The zero-order valence-electron chi connectivity index (χ0n) is 30.2. The highest BCUT2D eigenvalue weighted by atomic mass is 16.5. The van der Waals surface area contributed by atoms with Crippen molar-refractivity contribution in [2.24, 2.45) is 0 Å². The molecular weight excluding hydrogens is 653 g/mol. The number of hydrogen-bond donors (Lipinski definition) is 0. The van der Waals surface area contributed by atoms with Gasteiger partial charge >= 0.3 is 0 Å². The minimum atomic E-state index is -0.0421. The first kappa shape index (κ1) is 30.9. The molecule has 0 fully saturated rings. The fourth-order valence-corrected chi connectivity index (χ4v) is 9.07. The van der Waals surface area contributed by atoms with Crippen LogP contribution in [-0.4, -0.2) is 0 Å². The van der Waals surface area contributed by atoms with E-state index in [4.69, 9.17) is 4.74 Å². The first-order valence-electron chi connectivity index (χ1n) is 18.8. The van der Waals surface area contributed by atoms with E-state index in [1.165, 1.54) is 82.9 Å². The van der Waals surface area contributed by atoms with Crippen molar-refractivity contribution in [2.45, 2.75) is 19.3 Å². The van der Waals surface area contributed by atoms with E-state index < -0.39 is 0 Å². The molecule has 0 amide bonds. The van der Waals surface area contributed by atoms with Crippen molar-refractivity contribution < 1.29 is 4.74 Å². The number of hydrogen-bond acceptors (Lipinski definition) is 1. The lowest BCUT2D eigenvalue weighted by molar-refractivity contribution is 0.487. The maximum Gasteiger partial charge on any atom is 0.135 e. The topological polar surface area (TPSA) is 9.23 Å². The van der Waals surface area contributed by atoms with Gasteiger partial charge in [0.15, 0.2) is 0 Å². The van der Waals surface area contributed by atoms with Gasteiger partial charge in [0.25, 0.3) is 0 Å². The average molecular weight is 689 g/mol. The van der Waals surface area contributed by atoms with Crippen LogP contribution in [0, 0.1) is 0 Å². The number of benzene rings is 9. The van der Waals surface area contributed by atoms with Crippen LogP contribution in [0.5, 0.6) is 11.5 Å². The summed E-state index contributed by atoms with van der Waals surface area (Å²) in [5.41, 5.74) is 17.3. The zero-order chi connectivity index (χ0) is 36.0. The summed E-state index contributed by atoms with van der Waals surface area (Å²) in [5, 5.41) is 4.88. The Morgan fingerprint density at radius 3 is 1.80 bits per heavy atom. The van der Waals surface area contributed by atoms with Crippen LogP contribution in [-0.2, 0) is 5.41 Å². The second kappa shape index (κ2) is 11.7. The molecule has 1 heterocycles. The van der Waals surface area contributed by atoms with Crippen molar-refractivity contribution >= 4 is 21.5 Å². The second-order valence-corrected chi connectivity index (χ2v) is 15.3. The summed E-state index contributed by atoms with van der Waals surface area (Å²) in [7, 11) is 0. The largest absolute Gasteiger partial charge is 0.456 e. The van der Waals surface area contributed by atoms with Crippen LogP contribution < -0.4 is 4.74 Å². The summed E-state index contributed by atoms with van der Waals surface area (Å²) in [6.45, 7) is 4.71. The van der Waals surface area contributed by atoms with Gasteiger partial charge in [-0.15, -0.1) is 0 Å². The van der Waals surface area contributed by atoms with E-state index >= 15 is 0 Å². The molecule has 0 aromatic heterocycles. The normalized spacial score (nSPS) is 13.3. The quantitative estimate of drug-likeness (QED) is 0.179. The zero-order valence-corrected chi connectivity index (χ0v) is 30.2. The van der Waals surface area contributed by atoms with E-state index in [9.17, 15) is 0 Å². The minimum absolute atomic E-state index is 0.0421. The highest BCUT2D eigenvalue weighted by molar-refractivity contribution is 6.10. The number of rotatable bonds is 4. The first-order valence-corrected chi connectivity index (χ1v) is 18.8. The molecule has 0 radical (unpaired) electrons. The van der Waals surface area contributed by atoms with Gasteiger partial charge in [0, 0.05) is 16.4 Å². The SMILES string of the molecule is CC1(C)c2ccccc2-c2cc3ccc(-c4cc(-c5ccccc5)cc(-c5ccc6c7c(cccc57)-c5ccc(-c7ccccc7)cc5O6)c4)cc3cc21. The van der Waals surface area contributed by atoms with Gasteiger partial charge in [-0.25, -0.2) is 0 Å². The fraction of sp³-hybridized carbons (Fsp3) is 0.0566. The van der Waals surface area contributed by atoms with Gasteiger partial charge in [-0.2, -0.15) is 0 Å². The summed E-state index contributed by atoms with van der Waals surface area (Å²) in [6.07, 6.45) is 0. The molecule has 0 saturated carbocycles. The Balaban J connectivity index is 1.06. The number of fused-ring (bicyclic) bond motifs is 6. The third kappa shape index (κ3) is 4.72. The fourth-order valence-electron chi connectivity index (χ4n) is 9.07. The standard InChI is InChI=1S/C53H36O/c1-53(2)48-19-10-9-16-43(48)47-30-36-21-20-35(26-40(36)31-49(47)53)39-27-38(34-14-7-4-8-15-34)28-41(29-39)42-24-25-50-52-45(42)17-11-18-46(52)44-23-22-37(32-51(44)54-50)33-12-5-3-6-13-33/h3-32H,1-2H3. The van der Waals surface area contributed by atoms with Crippen molar-refractivity contribution in [1.82, 2.24) is 0 Å². The molecule has 254 valence electrons. The van der Waals surface area contributed by atoms with Crippen molar-refractivity contribution in [2.75, 3.05) is 0 Å². The Hall–Kier alpha value is -6.70. The Morgan fingerprint density at radius 2 is 0.981 bits per heavy atom. The van der Waals surface area contributed by atoms with Crippen LogP contribution >= 0.6 is 0 Å². The molecule has 0 spiro atoms. The maximum absolute atomic E-state index is 6.70. The van der Waals surface area contributed by atoms with E-state index in [1.54, 1.807) is 0 Å². The molecule has 0 N–H and O–H groups in total. The van der Waals surface area contributed by atoms with Crippen molar-refractivity contribution in [3.05, 3.63) is 193 Å². The molecule has 54 heavy (non-hydrogen) atoms. The lowest BCUT2D eigenvalue weighted by Gasteiger charge is -2.23. The molecular formula is C53H36O. The molecule has 0 unspecified atom stereocenters. The third-order valence-electron chi connectivity index (χ3n) is 11.8. The van der Waals surface area contributed by atoms with Crippen LogP contribution in [0.1, 0.15) is 25.0 Å². The van der Waals surface area contributed by atoms with Crippen molar-refractivity contribution in [3.63, 3.8) is 0 Å². The van der Waals surface area contributed by atoms with Gasteiger partial charge in [-0.05, 0) is 143 Å². The Morgan fingerprint density at radius 1 is 0.333 bits per heavy atom. The predicted molar refractivity (Wildman–Crippen MR) is 226 cm³/mol. The van der Waals surface area contributed by atoms with E-state index in [-0.39, 0.29) is 5.41 Å². The molecule has 1 heteroatoms. The summed E-state index contributed by atoms with van der Waals surface area (Å²) in [5.74, 6) is 1.79. The monoisotopic (exact) mass is 688 g/mol. The lowest BCUT2D eigenvalue weighted by atomic mass is 9.82. The Kier molecular flexibility index (Phi) is 6.66. The summed E-state index contributed by atoms with van der Waals surface area (Å²) < 4.78 is 6.70. The molecule has 0 saturated heterocycles. The van der Waals surface area contributed by atoms with Gasteiger partial charge in [0.1, 0.15) is 11.5 Å². The van der Waals surface area contributed by atoms with E-state index in [0.717, 1.165) is 28.0 Å². The van der Waals surface area contributed by atoms with E-state index in [1.807, 2.05) is 0 Å². The second-order valence-electron chi connectivity index (χ2n) is 15.3. The molecule has 1 aliphatic carbocycles. The van der Waals surface area contributed by atoms with E-state index in [2.05, 4.69) is 196 Å². The summed E-state index contributed by atoms with van der Waals surface area (Å²) in [6, 6.07) is 66.7. The molecule has 0 atom stereocenters. The van der Waals surface area contributed by atoms with Crippen LogP contribution in [0.4, 0.5) is 0 Å². The number of ether oxygens (including phenoxy) is 1. The molecule has 2 aliphatic rings. The Bertz CT molecular complexity index is 2970. The minimum Gasteiger partial charge on any atom is -0.456 e. The third-order valence-corrected chi connectivity index (χ3v) is 11.8. The molecule has 9 aromatic carbocycles. The molecule has 0 bridgehead atoms. The maximum atomic E-state index is 6.70. The molecule has 9 aromatic rings. The van der Waals surface area contributed by atoms with Crippen LogP contribution in [0.25, 0.3) is 88.3 Å². The summed E-state index contributed by atoms with van der Waals surface area (Å²) >= 11 is 0. The average Bonchev–Trinajstić information content (AvgIpc) is 3.45. The van der Waals surface area contributed by atoms with Gasteiger partial charge in [0.2, 0.25) is 0 Å². The first-order chi connectivity index (χ1) is 26.5. The smallest absolute Gasteiger partial charge is 0.135 e. The van der Waals surface area contributed by atoms with Crippen LogP contribution in [0.2, 0.25) is 0 Å². The van der Waals surface area contributed by atoms with Gasteiger partial charge in [-0.3, -0.25) is 0 Å². The lowest BCUT2D eigenvalue weighted by Crippen LogP contribution is -2.14. The van der Waals surface area contributed by atoms with Crippen LogP contribution in [0.15, 0.2) is 182 Å². The van der Waals surface area contributed by atoms with Crippen LogP contribution in [0.3, 0.4) is 0 Å². The van der Waals surface area contributed by atoms with E-state index in [0.29, 0.717) is 0 Å². The highest BCUT2D eigenvalue weighted by Gasteiger charge is 2.35. The molecule has 11 rings (SSSR count). The van der Waals surface area contributed by atoms with Crippen molar-refractivity contribution in [3.8, 4) is 78.3 Å². The molecule has 1 nitrogen and oxygen atoms in total. The predicted octanol–water partition coefficient (Wildman–Crippen LogP) is 14.7. The van der Waals surface area contributed by atoms with Gasteiger partial charge < -0.3 is 4.74 Å². The van der Waals surface area contributed by atoms with Crippen molar-refractivity contribution in [1.29, 1.82) is 0 Å². The Labute approximate surface area is 315 Å². The van der Waals surface area contributed by atoms with Gasteiger partial charge in [-0.1, -0.05) is 141 Å². The highest BCUT2D eigenvalue weighted by Crippen LogP contribution is 2.51. The summed E-state index contributed by atoms with van der Waals surface area (Å²) in [4.78, 5) is 0. The molecule has 1 aliphatic heterocycles. The van der Waals surface area contributed by atoms with Gasteiger partial charge in [0.05, 0.1) is 0 Å².